The summed E-state index contributed by atoms with van der Waals surface area (Å²) in [7, 11) is 1.51. The van der Waals surface area contributed by atoms with Gasteiger partial charge in [-0.25, -0.2) is 4.79 Å². The van der Waals surface area contributed by atoms with Crippen LogP contribution < -0.4 is 10.6 Å². The highest BCUT2D eigenvalue weighted by Gasteiger charge is 2.22. The van der Waals surface area contributed by atoms with Crippen LogP contribution in [-0.2, 0) is 9.53 Å². The Kier molecular flexibility index (Phi) is 7.06. The molecular weight excluding hydrogens is 306 g/mol. The first-order valence-electron chi connectivity index (χ1n) is 8.47. The fourth-order valence-electron chi connectivity index (χ4n) is 2.93. The average molecular weight is 333 g/mol. The number of rotatable bonds is 6. The van der Waals surface area contributed by atoms with Crippen molar-refractivity contribution in [2.24, 2.45) is 5.92 Å². The molecule has 6 heteroatoms. The van der Waals surface area contributed by atoms with Crippen LogP contribution >= 0.6 is 0 Å². The molecule has 1 aliphatic rings. The van der Waals surface area contributed by atoms with E-state index in [-0.39, 0.29) is 18.5 Å². The maximum atomic E-state index is 12.3. The van der Waals surface area contributed by atoms with Crippen molar-refractivity contribution < 1.29 is 14.3 Å². The Balaban J connectivity index is 1.69. The molecule has 0 aromatic heterocycles. The van der Waals surface area contributed by atoms with E-state index in [0.29, 0.717) is 12.5 Å². The molecule has 3 amide bonds. The molecule has 1 aliphatic heterocycles. The van der Waals surface area contributed by atoms with Crippen LogP contribution in [0.3, 0.4) is 0 Å². The number of likely N-dealkylation sites (tertiary alicyclic amines) is 1. The van der Waals surface area contributed by atoms with E-state index in [0.717, 1.165) is 43.6 Å². The van der Waals surface area contributed by atoms with Gasteiger partial charge in [0.25, 0.3) is 0 Å². The van der Waals surface area contributed by atoms with Crippen LogP contribution in [0.25, 0.3) is 0 Å². The number of aryl methyl sites for hydroxylation is 1. The molecule has 1 heterocycles. The number of benzene rings is 1. The zero-order valence-corrected chi connectivity index (χ0v) is 14.5. The number of hydrogen-bond donors (Lipinski definition) is 2. The number of carbonyl (C=O) groups excluding carboxylic acids is 2. The topological polar surface area (TPSA) is 70.7 Å². The second kappa shape index (κ2) is 9.27. The number of piperidine rings is 1. The van der Waals surface area contributed by atoms with Crippen molar-refractivity contribution in [1.29, 1.82) is 0 Å². The molecule has 1 aromatic rings. The second-order valence-electron chi connectivity index (χ2n) is 6.25. The number of methoxy groups -OCH3 is 1. The van der Waals surface area contributed by atoms with E-state index in [1.54, 1.807) is 0 Å². The van der Waals surface area contributed by atoms with E-state index in [1.807, 2.05) is 36.1 Å². The number of urea groups is 1. The number of ether oxygens (including phenoxy) is 1. The number of nitrogens with zero attached hydrogens (tertiary/aromatic N) is 1. The highest BCUT2D eigenvalue weighted by atomic mass is 16.5. The SMILES string of the molecule is COCC(=O)NCCC1CCN(C(=O)Nc2ccccc2C)CC1. The Hall–Kier alpha value is -2.08. The third-order valence-corrected chi connectivity index (χ3v) is 4.44. The van der Waals surface area contributed by atoms with Crippen molar-refractivity contribution in [2.45, 2.75) is 26.2 Å². The minimum absolute atomic E-state index is 0.0313. The molecule has 1 aromatic carbocycles. The molecule has 1 saturated heterocycles. The Labute approximate surface area is 143 Å². The standard InChI is InChI=1S/C18H27N3O3/c1-14-5-3-4-6-16(14)20-18(23)21-11-8-15(9-12-21)7-10-19-17(22)13-24-2/h3-6,15H,7-13H2,1-2H3,(H,19,22)(H,20,23). The summed E-state index contributed by atoms with van der Waals surface area (Å²) in [5.41, 5.74) is 1.93. The molecule has 0 aliphatic carbocycles. The van der Waals surface area contributed by atoms with Gasteiger partial charge < -0.3 is 20.3 Å². The highest BCUT2D eigenvalue weighted by Crippen LogP contribution is 2.21. The zero-order valence-electron chi connectivity index (χ0n) is 14.5. The Morgan fingerprint density at radius 1 is 1.25 bits per heavy atom. The van der Waals surface area contributed by atoms with Crippen molar-refractivity contribution in [1.82, 2.24) is 10.2 Å². The van der Waals surface area contributed by atoms with Gasteiger partial charge in [0.15, 0.2) is 0 Å². The van der Waals surface area contributed by atoms with Crippen LogP contribution in [0.2, 0.25) is 0 Å². The van der Waals surface area contributed by atoms with Gasteiger partial charge in [-0.1, -0.05) is 18.2 Å². The molecule has 0 atom stereocenters. The van der Waals surface area contributed by atoms with E-state index >= 15 is 0 Å². The molecule has 2 rings (SSSR count). The van der Waals surface area contributed by atoms with Crippen molar-refractivity contribution in [3.05, 3.63) is 29.8 Å². The molecule has 0 unspecified atom stereocenters. The van der Waals surface area contributed by atoms with E-state index in [1.165, 1.54) is 7.11 Å². The number of hydrogen-bond acceptors (Lipinski definition) is 3. The van der Waals surface area contributed by atoms with E-state index in [2.05, 4.69) is 10.6 Å². The van der Waals surface area contributed by atoms with Gasteiger partial charge in [-0.15, -0.1) is 0 Å². The summed E-state index contributed by atoms with van der Waals surface area (Å²) in [5, 5.41) is 5.83. The van der Waals surface area contributed by atoms with Crippen LogP contribution in [0.5, 0.6) is 0 Å². The smallest absolute Gasteiger partial charge is 0.321 e. The third-order valence-electron chi connectivity index (χ3n) is 4.44. The zero-order chi connectivity index (χ0) is 17.4. The first kappa shape index (κ1) is 18.3. The molecule has 132 valence electrons. The van der Waals surface area contributed by atoms with Gasteiger partial charge in [-0.3, -0.25) is 4.79 Å². The normalized spacial score (nSPS) is 15.2. The van der Waals surface area contributed by atoms with Crippen LogP contribution in [0.15, 0.2) is 24.3 Å². The summed E-state index contributed by atoms with van der Waals surface area (Å²) < 4.78 is 4.78. The summed E-state index contributed by atoms with van der Waals surface area (Å²) in [6.45, 7) is 4.28. The molecule has 0 radical (unpaired) electrons. The highest BCUT2D eigenvalue weighted by molar-refractivity contribution is 5.90. The van der Waals surface area contributed by atoms with Crippen LogP contribution in [0.4, 0.5) is 10.5 Å². The van der Waals surface area contributed by atoms with Gasteiger partial charge in [0.05, 0.1) is 0 Å². The van der Waals surface area contributed by atoms with Gasteiger partial charge >= 0.3 is 6.03 Å². The first-order valence-corrected chi connectivity index (χ1v) is 8.47. The summed E-state index contributed by atoms with van der Waals surface area (Å²) in [6.07, 6.45) is 2.89. The summed E-state index contributed by atoms with van der Waals surface area (Å²) in [4.78, 5) is 25.5. The van der Waals surface area contributed by atoms with E-state index in [9.17, 15) is 9.59 Å². The quantitative estimate of drug-likeness (QED) is 0.840. The number of nitrogens with one attached hydrogen (secondary N) is 2. The van der Waals surface area contributed by atoms with Crippen molar-refractivity contribution in [3.63, 3.8) is 0 Å². The van der Waals surface area contributed by atoms with Crippen LogP contribution in [0.1, 0.15) is 24.8 Å². The van der Waals surface area contributed by atoms with Gasteiger partial charge in [0.2, 0.25) is 5.91 Å². The van der Waals surface area contributed by atoms with Crippen molar-refractivity contribution in [3.8, 4) is 0 Å². The predicted octanol–water partition coefficient (Wildman–Crippen LogP) is 2.39. The third kappa shape index (κ3) is 5.53. The monoisotopic (exact) mass is 333 g/mol. The lowest BCUT2D eigenvalue weighted by Crippen LogP contribution is -2.41. The Morgan fingerprint density at radius 3 is 2.62 bits per heavy atom. The minimum Gasteiger partial charge on any atom is -0.375 e. The molecule has 1 fully saturated rings. The molecular formula is C18H27N3O3. The lowest BCUT2D eigenvalue weighted by Gasteiger charge is -2.32. The summed E-state index contributed by atoms with van der Waals surface area (Å²) in [5.74, 6) is 0.475. The first-order chi connectivity index (χ1) is 11.6. The summed E-state index contributed by atoms with van der Waals surface area (Å²) >= 11 is 0. The number of para-hydroxylation sites is 1. The number of amides is 3. The lowest BCUT2D eigenvalue weighted by atomic mass is 9.94. The number of carbonyl (C=O) groups is 2. The van der Waals surface area contributed by atoms with Crippen LogP contribution in [-0.4, -0.2) is 50.2 Å². The average Bonchev–Trinajstić information content (AvgIpc) is 2.58. The predicted molar refractivity (Wildman–Crippen MR) is 94.0 cm³/mol. The van der Waals surface area contributed by atoms with Crippen molar-refractivity contribution >= 4 is 17.6 Å². The maximum Gasteiger partial charge on any atom is 0.321 e. The fraction of sp³-hybridized carbons (Fsp3) is 0.556. The van der Waals surface area contributed by atoms with Gasteiger partial charge in [-0.05, 0) is 43.7 Å². The van der Waals surface area contributed by atoms with E-state index in [4.69, 9.17) is 4.74 Å². The molecule has 0 spiro atoms. The second-order valence-corrected chi connectivity index (χ2v) is 6.25. The van der Waals surface area contributed by atoms with Crippen LogP contribution in [0, 0.1) is 12.8 Å². The minimum atomic E-state index is -0.0763. The Bertz CT molecular complexity index is 554. The number of anilines is 1. The molecule has 6 nitrogen and oxygen atoms in total. The molecule has 24 heavy (non-hydrogen) atoms. The van der Waals surface area contributed by atoms with Gasteiger partial charge in [0, 0.05) is 32.4 Å². The largest absolute Gasteiger partial charge is 0.375 e. The van der Waals surface area contributed by atoms with E-state index < -0.39 is 0 Å². The Morgan fingerprint density at radius 2 is 1.96 bits per heavy atom. The maximum absolute atomic E-state index is 12.3. The van der Waals surface area contributed by atoms with Crippen molar-refractivity contribution in [2.75, 3.05) is 38.7 Å². The molecule has 0 bridgehead atoms. The molecule has 0 saturated carbocycles. The fourth-order valence-corrected chi connectivity index (χ4v) is 2.93. The van der Waals surface area contributed by atoms with Gasteiger partial charge in [-0.2, -0.15) is 0 Å². The lowest BCUT2D eigenvalue weighted by molar-refractivity contribution is -0.124. The van der Waals surface area contributed by atoms with Gasteiger partial charge in [0.1, 0.15) is 6.61 Å². The molecule has 2 N–H and O–H groups in total. The summed E-state index contributed by atoms with van der Waals surface area (Å²) in [6, 6.07) is 7.76.